The lowest BCUT2D eigenvalue weighted by atomic mass is 10.1. The summed E-state index contributed by atoms with van der Waals surface area (Å²) in [5.41, 5.74) is 0.947. The van der Waals surface area contributed by atoms with Crippen molar-refractivity contribution < 1.29 is 9.59 Å². The van der Waals surface area contributed by atoms with Crippen LogP contribution in [-0.2, 0) is 16.1 Å². The Bertz CT molecular complexity index is 506. The van der Waals surface area contributed by atoms with E-state index >= 15 is 0 Å². The highest BCUT2D eigenvalue weighted by Gasteiger charge is 2.22. The molecule has 1 rings (SSSR count). The quantitative estimate of drug-likeness (QED) is 0.552. The van der Waals surface area contributed by atoms with Crippen molar-refractivity contribution in [1.29, 1.82) is 0 Å². The van der Waals surface area contributed by atoms with E-state index in [-0.39, 0.29) is 5.91 Å². The molecule has 114 valence electrons. The third-order valence-corrected chi connectivity index (χ3v) is 3.54. The lowest BCUT2D eigenvalue weighted by Gasteiger charge is -2.17. The molecule has 0 aliphatic rings. The van der Waals surface area contributed by atoms with E-state index < -0.39 is 16.8 Å². The average molecular weight is 394 g/mol. The second-order valence-corrected chi connectivity index (χ2v) is 6.24. The van der Waals surface area contributed by atoms with Crippen molar-refractivity contribution in [2.24, 2.45) is 0 Å². The van der Waals surface area contributed by atoms with Crippen molar-refractivity contribution in [1.82, 2.24) is 10.6 Å². The topological polar surface area (TPSA) is 58.2 Å². The maximum atomic E-state index is 12.1. The van der Waals surface area contributed by atoms with Crippen LogP contribution < -0.4 is 10.6 Å². The molecule has 2 amide bonds. The van der Waals surface area contributed by atoms with E-state index in [0.717, 1.165) is 10.0 Å². The molecule has 0 radical (unpaired) electrons. The zero-order valence-electron chi connectivity index (χ0n) is 11.1. The van der Waals surface area contributed by atoms with Crippen molar-refractivity contribution in [3.8, 4) is 0 Å². The summed E-state index contributed by atoms with van der Waals surface area (Å²) in [6, 6.07) is 6.80. The van der Waals surface area contributed by atoms with E-state index in [1.54, 1.807) is 6.08 Å². The van der Waals surface area contributed by atoms with Gasteiger partial charge in [0.15, 0.2) is 4.84 Å². The first-order valence-electron chi connectivity index (χ1n) is 6.15. The molecular formula is C14H15BrCl2N2O2. The molecule has 1 aromatic carbocycles. The molecule has 1 aromatic rings. The molecule has 0 fully saturated rings. The Labute approximate surface area is 142 Å². The van der Waals surface area contributed by atoms with E-state index in [1.807, 2.05) is 24.3 Å². The Hall–Kier alpha value is -1.04. The van der Waals surface area contributed by atoms with E-state index in [2.05, 4.69) is 33.1 Å². The van der Waals surface area contributed by atoms with Gasteiger partial charge in [-0.15, -0.1) is 6.58 Å². The van der Waals surface area contributed by atoms with E-state index in [4.69, 9.17) is 23.2 Å². The highest BCUT2D eigenvalue weighted by molar-refractivity contribution is 9.10. The van der Waals surface area contributed by atoms with Crippen LogP contribution in [0.3, 0.4) is 0 Å². The predicted octanol–water partition coefficient (Wildman–Crippen LogP) is 2.93. The van der Waals surface area contributed by atoms with Gasteiger partial charge in [0.25, 0.3) is 5.91 Å². The third-order valence-electron chi connectivity index (χ3n) is 2.61. The second-order valence-electron chi connectivity index (χ2n) is 4.23. The fourth-order valence-electron chi connectivity index (χ4n) is 1.55. The molecule has 21 heavy (non-hydrogen) atoms. The predicted molar refractivity (Wildman–Crippen MR) is 88.2 cm³/mol. The standard InChI is InChI=1S/C14H15BrCl2N2O2/c1-2-3-11(19-14(21)12(16)17)13(20)18-8-9-4-6-10(15)7-5-9/h2,4-7,11-12H,1,3,8H2,(H,18,20)(H,19,21)/t11-/m0/s1. The maximum Gasteiger partial charge on any atom is 0.253 e. The number of halogens is 3. The van der Waals surface area contributed by atoms with Crippen LogP contribution in [0.15, 0.2) is 41.4 Å². The third kappa shape index (κ3) is 6.50. The summed E-state index contributed by atoms with van der Waals surface area (Å²) in [5, 5.41) is 5.21. The first-order valence-corrected chi connectivity index (χ1v) is 7.82. The average Bonchev–Trinajstić information content (AvgIpc) is 2.45. The highest BCUT2D eigenvalue weighted by atomic mass is 79.9. The molecule has 0 saturated heterocycles. The number of nitrogens with one attached hydrogen (secondary N) is 2. The van der Waals surface area contributed by atoms with Gasteiger partial charge in [-0.3, -0.25) is 9.59 Å². The molecule has 0 bridgehead atoms. The minimum absolute atomic E-state index is 0.290. The second kappa shape index (κ2) is 9.07. The normalized spacial score (nSPS) is 11.8. The summed E-state index contributed by atoms with van der Waals surface area (Å²) in [6.07, 6.45) is 1.83. The van der Waals surface area contributed by atoms with Crippen molar-refractivity contribution in [3.05, 3.63) is 47.0 Å². The fourth-order valence-corrected chi connectivity index (χ4v) is 1.94. The van der Waals surface area contributed by atoms with E-state index in [0.29, 0.717) is 13.0 Å². The number of rotatable bonds is 7. The molecule has 0 aromatic heterocycles. The minimum Gasteiger partial charge on any atom is -0.350 e. The van der Waals surface area contributed by atoms with E-state index in [1.165, 1.54) is 0 Å². The monoisotopic (exact) mass is 392 g/mol. The van der Waals surface area contributed by atoms with Crippen LogP contribution in [0, 0.1) is 0 Å². The van der Waals surface area contributed by atoms with Crippen LogP contribution in [0.5, 0.6) is 0 Å². The van der Waals surface area contributed by atoms with Crippen molar-refractivity contribution >= 4 is 50.9 Å². The fraction of sp³-hybridized carbons (Fsp3) is 0.286. The van der Waals surface area contributed by atoms with Crippen molar-refractivity contribution in [3.63, 3.8) is 0 Å². The number of benzene rings is 1. The lowest BCUT2D eigenvalue weighted by Crippen LogP contribution is -2.47. The Morgan fingerprint density at radius 1 is 1.24 bits per heavy atom. The molecule has 0 spiro atoms. The van der Waals surface area contributed by atoms with Gasteiger partial charge < -0.3 is 10.6 Å². The van der Waals surface area contributed by atoms with Crippen LogP contribution in [0.25, 0.3) is 0 Å². The Balaban J connectivity index is 2.58. The number of hydrogen-bond donors (Lipinski definition) is 2. The van der Waals surface area contributed by atoms with Crippen LogP contribution in [0.1, 0.15) is 12.0 Å². The minimum atomic E-state index is -1.21. The van der Waals surface area contributed by atoms with Gasteiger partial charge in [0.05, 0.1) is 0 Å². The molecule has 2 N–H and O–H groups in total. The van der Waals surface area contributed by atoms with Gasteiger partial charge in [-0.05, 0) is 24.1 Å². The lowest BCUT2D eigenvalue weighted by molar-refractivity contribution is -0.128. The summed E-state index contributed by atoms with van der Waals surface area (Å²) in [5.74, 6) is -0.927. The van der Waals surface area contributed by atoms with Crippen LogP contribution in [0.4, 0.5) is 0 Å². The highest BCUT2D eigenvalue weighted by Crippen LogP contribution is 2.10. The summed E-state index contributed by atoms with van der Waals surface area (Å²) in [4.78, 5) is 22.3. The largest absolute Gasteiger partial charge is 0.350 e. The maximum absolute atomic E-state index is 12.1. The Kier molecular flexibility index (Phi) is 7.78. The molecular weight excluding hydrogens is 379 g/mol. The molecule has 0 unspecified atom stereocenters. The molecule has 7 heteroatoms. The van der Waals surface area contributed by atoms with Crippen molar-refractivity contribution in [2.45, 2.75) is 23.8 Å². The number of amides is 2. The van der Waals surface area contributed by atoms with Gasteiger partial charge in [0.2, 0.25) is 5.91 Å². The number of hydrogen-bond acceptors (Lipinski definition) is 2. The first-order chi connectivity index (χ1) is 9.93. The van der Waals surface area contributed by atoms with Gasteiger partial charge in [0, 0.05) is 11.0 Å². The van der Waals surface area contributed by atoms with Crippen LogP contribution >= 0.6 is 39.1 Å². The zero-order chi connectivity index (χ0) is 15.8. The van der Waals surface area contributed by atoms with Gasteiger partial charge in [-0.2, -0.15) is 0 Å². The SMILES string of the molecule is C=CC[C@H](NC(=O)C(Cl)Cl)C(=O)NCc1ccc(Br)cc1. The molecule has 0 saturated carbocycles. The molecule has 0 aliphatic carbocycles. The van der Waals surface area contributed by atoms with E-state index in [9.17, 15) is 9.59 Å². The van der Waals surface area contributed by atoms with Gasteiger partial charge in [-0.25, -0.2) is 0 Å². The van der Waals surface area contributed by atoms with Crippen LogP contribution in [-0.4, -0.2) is 22.7 Å². The summed E-state index contributed by atoms with van der Waals surface area (Å²) < 4.78 is 0.963. The van der Waals surface area contributed by atoms with Gasteiger partial charge in [0.1, 0.15) is 6.04 Å². The number of carbonyl (C=O) groups is 2. The zero-order valence-corrected chi connectivity index (χ0v) is 14.2. The summed E-state index contributed by atoms with van der Waals surface area (Å²) in [7, 11) is 0. The molecule has 0 heterocycles. The molecule has 4 nitrogen and oxygen atoms in total. The molecule has 0 aliphatic heterocycles. The van der Waals surface area contributed by atoms with Crippen molar-refractivity contribution in [2.75, 3.05) is 0 Å². The van der Waals surface area contributed by atoms with Gasteiger partial charge >= 0.3 is 0 Å². The molecule has 1 atom stereocenters. The van der Waals surface area contributed by atoms with Crippen LogP contribution in [0.2, 0.25) is 0 Å². The summed E-state index contributed by atoms with van der Waals surface area (Å²) >= 11 is 14.3. The smallest absolute Gasteiger partial charge is 0.253 e. The van der Waals surface area contributed by atoms with Gasteiger partial charge in [-0.1, -0.05) is 57.3 Å². The number of carbonyl (C=O) groups excluding carboxylic acids is 2. The Morgan fingerprint density at radius 2 is 1.86 bits per heavy atom. The Morgan fingerprint density at radius 3 is 2.38 bits per heavy atom. The number of alkyl halides is 2. The first kappa shape index (κ1) is 18.0. The summed E-state index contributed by atoms with van der Waals surface area (Å²) in [6.45, 7) is 3.92.